The van der Waals surface area contributed by atoms with Gasteiger partial charge in [0.2, 0.25) is 5.95 Å². The molecule has 12 aromatic rings. The summed E-state index contributed by atoms with van der Waals surface area (Å²) < 4.78 is 7.23. The topological polar surface area (TPSA) is 35.6 Å². The highest BCUT2D eigenvalue weighted by atomic mass is 32.1. The third-order valence-corrected chi connectivity index (χ3v) is 15.8. The molecule has 0 N–H and O–H groups in total. The van der Waals surface area contributed by atoms with Crippen molar-refractivity contribution in [2.45, 2.75) is 38.0 Å². The Bertz CT molecular complexity index is 4080. The zero-order valence-electron chi connectivity index (χ0n) is 36.3. The van der Waals surface area contributed by atoms with Gasteiger partial charge in [-0.05, 0) is 87.0 Å². The second-order valence-electron chi connectivity index (χ2n) is 18.8. The van der Waals surface area contributed by atoms with Crippen LogP contribution in [0.1, 0.15) is 49.6 Å². The highest BCUT2D eigenvalue weighted by Gasteiger charge is 2.37. The first-order valence-corrected chi connectivity index (χ1v) is 23.4. The average Bonchev–Trinajstić information content (AvgIpc) is 4.01. The van der Waals surface area contributed by atoms with Crippen molar-refractivity contribution in [3.63, 3.8) is 0 Å². The van der Waals surface area contributed by atoms with Gasteiger partial charge in [-0.1, -0.05) is 172 Å². The number of hydrogen-bond donors (Lipinski definition) is 0. The molecule has 0 saturated carbocycles. The van der Waals surface area contributed by atoms with E-state index in [2.05, 4.69) is 218 Å². The summed E-state index contributed by atoms with van der Waals surface area (Å²) in [6, 6.07) is 62.6. The summed E-state index contributed by atoms with van der Waals surface area (Å²) in [6.45, 7) is 7.13. The van der Waals surface area contributed by atoms with E-state index < -0.39 is 0 Å². The molecule has 0 amide bonds. The molecule has 4 nitrogen and oxygen atoms in total. The van der Waals surface area contributed by atoms with Crippen molar-refractivity contribution in [3.05, 3.63) is 210 Å². The molecule has 1 unspecified atom stereocenters. The Morgan fingerprint density at radius 3 is 2.06 bits per heavy atom. The molecule has 308 valence electrons. The van der Waals surface area contributed by atoms with E-state index in [9.17, 15) is 0 Å². The summed E-state index contributed by atoms with van der Waals surface area (Å²) in [5.41, 5.74) is 15.1. The van der Waals surface area contributed by atoms with Crippen molar-refractivity contribution in [2.24, 2.45) is 0 Å². The minimum atomic E-state index is -0.365. The lowest BCUT2D eigenvalue weighted by Gasteiger charge is -2.35. The van der Waals surface area contributed by atoms with Crippen LogP contribution in [-0.2, 0) is 10.8 Å². The van der Waals surface area contributed by atoms with Gasteiger partial charge in [0.15, 0.2) is 0 Å². The smallest absolute Gasteiger partial charge is 0.235 e. The fraction of sp³-hybridized carbons (Fsp3) is 0.100. The van der Waals surface area contributed by atoms with Gasteiger partial charge in [0.05, 0.1) is 43.7 Å². The molecule has 4 aromatic heterocycles. The number of aromatic nitrogens is 4. The number of para-hydroxylation sites is 2. The fourth-order valence-corrected chi connectivity index (χ4v) is 12.7. The molecule has 5 heterocycles. The lowest BCUT2D eigenvalue weighted by molar-refractivity contribution is 0.592. The third-order valence-electron chi connectivity index (χ3n) is 14.7. The molecule has 0 saturated heterocycles. The van der Waals surface area contributed by atoms with Crippen LogP contribution >= 0.6 is 11.3 Å². The first kappa shape index (κ1) is 36.8. The molecule has 2 aliphatic rings. The second kappa shape index (κ2) is 13.2. The van der Waals surface area contributed by atoms with Crippen molar-refractivity contribution in [1.29, 1.82) is 0 Å². The Balaban J connectivity index is 0.995. The van der Waals surface area contributed by atoms with Crippen molar-refractivity contribution in [2.75, 3.05) is 0 Å². The van der Waals surface area contributed by atoms with E-state index >= 15 is 0 Å². The lowest BCUT2D eigenvalue weighted by Crippen LogP contribution is -2.26. The number of thiophene rings is 1. The molecule has 65 heavy (non-hydrogen) atoms. The highest BCUT2D eigenvalue weighted by Crippen LogP contribution is 2.51. The quantitative estimate of drug-likeness (QED) is 0.177. The summed E-state index contributed by atoms with van der Waals surface area (Å²) in [5, 5.41) is 8.75. The molecular formula is C60H42N4S. The average molecular weight is 851 g/mol. The standard InChI is InChI=1S/C60H42N4S/c1-59(2)46-30-28-38(34-51(46)63-49-25-13-10-22-44(49)53-41-20-8-7-18-39(41)32-47(59)55(53)63)37-27-29-43-42-21-9-12-24-48(42)64(50(43)33-37)58-61-54-45-23-11-14-26-52(45)65-56(54)57(62-58)60(3)31-15-19-40(35-60)36-16-5-4-6-17-36/h4-34H,35H2,1-3H3. The predicted octanol–water partition coefficient (Wildman–Crippen LogP) is 15.8. The van der Waals surface area contributed by atoms with Crippen molar-refractivity contribution in [3.8, 4) is 22.8 Å². The summed E-state index contributed by atoms with van der Waals surface area (Å²) >= 11 is 1.81. The predicted molar refractivity (Wildman–Crippen MR) is 274 cm³/mol. The zero-order chi connectivity index (χ0) is 43.2. The van der Waals surface area contributed by atoms with Crippen molar-refractivity contribution < 1.29 is 0 Å². The number of nitrogens with zero attached hydrogens (tertiary/aromatic N) is 4. The van der Waals surface area contributed by atoms with Gasteiger partial charge in [-0.2, -0.15) is 0 Å². The third kappa shape index (κ3) is 5.13. The van der Waals surface area contributed by atoms with Crippen LogP contribution in [0, 0.1) is 0 Å². The van der Waals surface area contributed by atoms with Crippen LogP contribution in [0.3, 0.4) is 0 Å². The Morgan fingerprint density at radius 2 is 1.22 bits per heavy atom. The van der Waals surface area contributed by atoms with Gasteiger partial charge in [0, 0.05) is 42.5 Å². The monoisotopic (exact) mass is 850 g/mol. The van der Waals surface area contributed by atoms with Crippen LogP contribution < -0.4 is 0 Å². The summed E-state index contributed by atoms with van der Waals surface area (Å²) in [7, 11) is 0. The largest absolute Gasteiger partial charge is 0.309 e. The van der Waals surface area contributed by atoms with E-state index in [1.54, 1.807) is 0 Å². The molecule has 0 radical (unpaired) electrons. The van der Waals surface area contributed by atoms with E-state index in [0.717, 1.165) is 38.9 Å². The molecule has 0 bridgehead atoms. The van der Waals surface area contributed by atoms with E-state index in [4.69, 9.17) is 9.97 Å². The van der Waals surface area contributed by atoms with Crippen LogP contribution in [0.25, 0.3) is 103 Å². The fourth-order valence-electron chi connectivity index (χ4n) is 11.5. The summed E-state index contributed by atoms with van der Waals surface area (Å²) in [6.07, 6.45) is 7.67. The number of hydrogen-bond acceptors (Lipinski definition) is 3. The van der Waals surface area contributed by atoms with Crippen LogP contribution in [0.2, 0.25) is 0 Å². The van der Waals surface area contributed by atoms with E-state index in [1.807, 2.05) is 11.3 Å². The first-order chi connectivity index (χ1) is 31.8. The zero-order valence-corrected chi connectivity index (χ0v) is 37.1. The molecule has 0 fully saturated rings. The molecule has 5 heteroatoms. The van der Waals surface area contributed by atoms with Crippen LogP contribution in [0.15, 0.2) is 188 Å². The van der Waals surface area contributed by atoms with Gasteiger partial charge < -0.3 is 4.57 Å². The maximum atomic E-state index is 5.71. The number of rotatable bonds is 4. The Morgan fingerprint density at radius 1 is 0.538 bits per heavy atom. The number of benzene rings is 8. The van der Waals surface area contributed by atoms with Gasteiger partial charge in [-0.15, -0.1) is 11.3 Å². The lowest BCUT2D eigenvalue weighted by atomic mass is 9.73. The number of fused-ring (bicyclic) bond motifs is 13. The molecule has 1 atom stereocenters. The molecule has 1 aliphatic heterocycles. The molecule has 1 aliphatic carbocycles. The van der Waals surface area contributed by atoms with Crippen LogP contribution in [-0.4, -0.2) is 19.1 Å². The van der Waals surface area contributed by atoms with Crippen LogP contribution in [0.5, 0.6) is 0 Å². The highest BCUT2D eigenvalue weighted by molar-refractivity contribution is 7.26. The Kier molecular flexibility index (Phi) is 7.50. The molecule has 8 aromatic carbocycles. The van der Waals surface area contributed by atoms with Crippen molar-refractivity contribution in [1.82, 2.24) is 19.1 Å². The summed E-state index contributed by atoms with van der Waals surface area (Å²) in [4.78, 5) is 11.3. The Hall–Kier alpha value is -7.60. The van der Waals surface area contributed by atoms with Crippen molar-refractivity contribution >= 4 is 91.6 Å². The SMILES string of the molecule is CC1(c2nc(-n3c4ccccc4c4ccc(-c5ccc6c(c5)-n5c7ccccc7c7c8ccccc8cc(c75)C6(C)C)cc43)nc3c2sc2ccccc23)C=CC=C(c2ccccc2)C1. The van der Waals surface area contributed by atoms with Crippen LogP contribution in [0.4, 0.5) is 0 Å². The second-order valence-corrected chi connectivity index (χ2v) is 19.9. The molecule has 0 spiro atoms. The van der Waals surface area contributed by atoms with Gasteiger partial charge in [-0.25, -0.2) is 9.97 Å². The van der Waals surface area contributed by atoms with Gasteiger partial charge in [0.25, 0.3) is 0 Å². The normalized spacial score (nSPS) is 16.7. The maximum Gasteiger partial charge on any atom is 0.235 e. The minimum absolute atomic E-state index is 0.210. The molecule has 14 rings (SSSR count). The maximum absolute atomic E-state index is 5.71. The van der Waals surface area contributed by atoms with E-state index in [0.29, 0.717) is 5.95 Å². The van der Waals surface area contributed by atoms with E-state index in [1.165, 1.54) is 87.0 Å². The molecular weight excluding hydrogens is 809 g/mol. The minimum Gasteiger partial charge on any atom is -0.309 e. The number of allylic oxidation sites excluding steroid dienone is 4. The summed E-state index contributed by atoms with van der Waals surface area (Å²) in [5.74, 6) is 0.696. The van der Waals surface area contributed by atoms with Gasteiger partial charge >= 0.3 is 0 Å². The van der Waals surface area contributed by atoms with Gasteiger partial charge in [0.1, 0.15) is 0 Å². The van der Waals surface area contributed by atoms with E-state index in [-0.39, 0.29) is 10.8 Å². The van der Waals surface area contributed by atoms with Gasteiger partial charge in [-0.3, -0.25) is 4.57 Å². The first-order valence-electron chi connectivity index (χ1n) is 22.6. The Labute approximate surface area is 380 Å².